The van der Waals surface area contributed by atoms with Gasteiger partial charge in [0.15, 0.2) is 0 Å². The zero-order chi connectivity index (χ0) is 17.9. The molecular formula is C21H26ClN3O2. The van der Waals surface area contributed by atoms with Crippen LogP contribution in [-0.2, 0) is 4.79 Å². The number of amides is 2. The van der Waals surface area contributed by atoms with E-state index in [1.807, 2.05) is 47.4 Å². The van der Waals surface area contributed by atoms with Gasteiger partial charge < -0.3 is 15.5 Å². The lowest BCUT2D eigenvalue weighted by molar-refractivity contribution is -0.126. The van der Waals surface area contributed by atoms with Gasteiger partial charge in [0.25, 0.3) is 5.91 Å². The maximum Gasteiger partial charge on any atom is 0.254 e. The maximum atomic E-state index is 13.0. The van der Waals surface area contributed by atoms with E-state index in [0.29, 0.717) is 19.0 Å². The number of hydrogen-bond donors (Lipinski definition) is 2. The van der Waals surface area contributed by atoms with Gasteiger partial charge in [0.1, 0.15) is 0 Å². The minimum atomic E-state index is 0. The molecule has 0 saturated carbocycles. The summed E-state index contributed by atoms with van der Waals surface area (Å²) in [6, 6.07) is 13.8. The molecule has 2 fully saturated rings. The lowest BCUT2D eigenvalue weighted by Crippen LogP contribution is -2.50. The van der Waals surface area contributed by atoms with Crippen LogP contribution in [0.5, 0.6) is 0 Å². The van der Waals surface area contributed by atoms with Gasteiger partial charge in [0.2, 0.25) is 5.91 Å². The maximum absolute atomic E-state index is 13.0. The van der Waals surface area contributed by atoms with Crippen LogP contribution >= 0.6 is 12.4 Å². The van der Waals surface area contributed by atoms with Gasteiger partial charge in [-0.25, -0.2) is 0 Å². The summed E-state index contributed by atoms with van der Waals surface area (Å²) in [4.78, 5) is 27.2. The molecule has 0 spiro atoms. The zero-order valence-electron chi connectivity index (χ0n) is 15.3. The second kappa shape index (κ2) is 8.72. The molecule has 0 unspecified atom stereocenters. The van der Waals surface area contributed by atoms with Crippen LogP contribution < -0.4 is 10.6 Å². The Balaban J connectivity index is 0.00000210. The highest BCUT2D eigenvalue weighted by molar-refractivity contribution is 6.07. The van der Waals surface area contributed by atoms with Gasteiger partial charge in [-0.05, 0) is 29.7 Å². The van der Waals surface area contributed by atoms with Crippen LogP contribution in [0.2, 0.25) is 0 Å². The predicted octanol–water partition coefficient (Wildman–Crippen LogP) is 2.45. The largest absolute Gasteiger partial charge is 0.355 e. The minimum absolute atomic E-state index is 0. The first-order valence-corrected chi connectivity index (χ1v) is 9.48. The Hall–Kier alpha value is -2.11. The molecule has 2 saturated heterocycles. The van der Waals surface area contributed by atoms with E-state index in [0.717, 1.165) is 48.8 Å². The van der Waals surface area contributed by atoms with Gasteiger partial charge in [-0.2, -0.15) is 0 Å². The van der Waals surface area contributed by atoms with E-state index in [4.69, 9.17) is 0 Å². The molecule has 0 atom stereocenters. The Bertz CT molecular complexity index is 809. The summed E-state index contributed by atoms with van der Waals surface area (Å²) in [7, 11) is 0. The average Bonchev–Trinajstić information content (AvgIpc) is 2.66. The number of likely N-dealkylation sites (tertiary alicyclic amines) is 1. The van der Waals surface area contributed by atoms with Crippen LogP contribution in [0.1, 0.15) is 23.2 Å². The third-order valence-corrected chi connectivity index (χ3v) is 5.60. The van der Waals surface area contributed by atoms with Crippen LogP contribution in [0.3, 0.4) is 0 Å². The number of hydrogen-bond acceptors (Lipinski definition) is 3. The number of carbonyl (C=O) groups excluding carboxylic acids is 2. The van der Waals surface area contributed by atoms with Crippen molar-refractivity contribution in [1.82, 2.24) is 15.5 Å². The Morgan fingerprint density at radius 2 is 1.74 bits per heavy atom. The summed E-state index contributed by atoms with van der Waals surface area (Å²) in [5, 5.41) is 8.36. The molecule has 2 aromatic carbocycles. The third-order valence-electron chi connectivity index (χ3n) is 5.60. The van der Waals surface area contributed by atoms with Crippen LogP contribution in [0.4, 0.5) is 0 Å². The quantitative estimate of drug-likeness (QED) is 0.847. The minimum Gasteiger partial charge on any atom is -0.355 e. The third kappa shape index (κ3) is 4.25. The van der Waals surface area contributed by atoms with Crippen molar-refractivity contribution in [2.45, 2.75) is 12.8 Å². The number of piperidine rings is 1. The normalized spacial score (nSPS) is 17.9. The summed E-state index contributed by atoms with van der Waals surface area (Å²) in [5.74, 6) is 0.821. The fraction of sp³-hybridized carbons (Fsp3) is 0.429. The molecule has 2 aliphatic heterocycles. The van der Waals surface area contributed by atoms with Crippen molar-refractivity contribution < 1.29 is 9.59 Å². The van der Waals surface area contributed by atoms with E-state index >= 15 is 0 Å². The van der Waals surface area contributed by atoms with Crippen LogP contribution in [-0.4, -0.2) is 49.4 Å². The molecule has 2 aromatic rings. The van der Waals surface area contributed by atoms with E-state index in [2.05, 4.69) is 10.6 Å². The van der Waals surface area contributed by atoms with Crippen LogP contribution in [0.25, 0.3) is 10.8 Å². The lowest BCUT2D eigenvalue weighted by atomic mass is 9.94. The molecule has 144 valence electrons. The molecule has 27 heavy (non-hydrogen) atoms. The van der Waals surface area contributed by atoms with Crippen molar-refractivity contribution in [3.05, 3.63) is 48.0 Å². The van der Waals surface area contributed by atoms with Crippen molar-refractivity contribution >= 4 is 35.0 Å². The Kier molecular flexibility index (Phi) is 6.34. The molecular weight excluding hydrogens is 362 g/mol. The van der Waals surface area contributed by atoms with Gasteiger partial charge in [0.05, 0.1) is 0 Å². The summed E-state index contributed by atoms with van der Waals surface area (Å²) in [6.07, 6.45) is 1.48. The molecule has 2 aliphatic rings. The zero-order valence-corrected chi connectivity index (χ0v) is 16.1. The highest BCUT2D eigenvalue weighted by Crippen LogP contribution is 2.23. The molecule has 4 rings (SSSR count). The van der Waals surface area contributed by atoms with Crippen molar-refractivity contribution in [2.24, 2.45) is 11.8 Å². The Labute approximate surface area is 165 Å². The fourth-order valence-corrected chi connectivity index (χ4v) is 3.81. The molecule has 2 N–H and O–H groups in total. The van der Waals surface area contributed by atoms with Crippen molar-refractivity contribution in [3.8, 4) is 0 Å². The molecule has 2 heterocycles. The lowest BCUT2D eigenvalue weighted by Gasteiger charge is -2.32. The SMILES string of the molecule is Cl.O=C(NCC1CNC1)C1CCN(C(=O)c2cccc3ccccc23)CC1. The van der Waals surface area contributed by atoms with E-state index in [-0.39, 0.29) is 30.1 Å². The first-order chi connectivity index (χ1) is 12.7. The average molecular weight is 388 g/mol. The standard InChI is InChI=1S/C21H25N3O2.ClH/c25-20(23-14-15-12-22-13-15)17-8-10-24(11-9-17)21(26)19-7-3-5-16-4-1-2-6-18(16)19;/h1-7,15,17,22H,8-14H2,(H,23,25);1H. The van der Waals surface area contributed by atoms with E-state index in [1.54, 1.807) is 0 Å². The summed E-state index contributed by atoms with van der Waals surface area (Å²) in [6.45, 7) is 4.05. The molecule has 2 amide bonds. The van der Waals surface area contributed by atoms with E-state index in [1.165, 1.54) is 0 Å². The van der Waals surface area contributed by atoms with Crippen LogP contribution in [0, 0.1) is 11.8 Å². The van der Waals surface area contributed by atoms with Gasteiger partial charge in [-0.3, -0.25) is 9.59 Å². The van der Waals surface area contributed by atoms with Crippen LogP contribution in [0.15, 0.2) is 42.5 Å². The first kappa shape index (κ1) is 19.6. The van der Waals surface area contributed by atoms with E-state index in [9.17, 15) is 9.59 Å². The van der Waals surface area contributed by atoms with Crippen molar-refractivity contribution in [1.29, 1.82) is 0 Å². The predicted molar refractivity (Wildman–Crippen MR) is 109 cm³/mol. The molecule has 0 bridgehead atoms. The highest BCUT2D eigenvalue weighted by Gasteiger charge is 2.29. The summed E-state index contributed by atoms with van der Waals surface area (Å²) >= 11 is 0. The van der Waals surface area contributed by atoms with Gasteiger partial charge in [-0.15, -0.1) is 12.4 Å². The number of fused-ring (bicyclic) bond motifs is 1. The van der Waals surface area contributed by atoms with Gasteiger partial charge in [-0.1, -0.05) is 36.4 Å². The smallest absolute Gasteiger partial charge is 0.254 e. The molecule has 0 aromatic heterocycles. The fourth-order valence-electron chi connectivity index (χ4n) is 3.81. The number of benzene rings is 2. The van der Waals surface area contributed by atoms with E-state index < -0.39 is 0 Å². The van der Waals surface area contributed by atoms with Gasteiger partial charge >= 0.3 is 0 Å². The molecule has 0 radical (unpaired) electrons. The Morgan fingerprint density at radius 1 is 1.04 bits per heavy atom. The molecule has 5 nitrogen and oxygen atoms in total. The number of carbonyl (C=O) groups is 2. The summed E-state index contributed by atoms with van der Waals surface area (Å²) < 4.78 is 0. The molecule has 6 heteroatoms. The van der Waals surface area contributed by atoms with Crippen molar-refractivity contribution in [3.63, 3.8) is 0 Å². The topological polar surface area (TPSA) is 61.4 Å². The monoisotopic (exact) mass is 387 g/mol. The second-order valence-electron chi connectivity index (χ2n) is 7.36. The van der Waals surface area contributed by atoms with Crippen molar-refractivity contribution in [2.75, 3.05) is 32.7 Å². The highest BCUT2D eigenvalue weighted by atomic mass is 35.5. The Morgan fingerprint density at radius 3 is 2.44 bits per heavy atom. The number of rotatable bonds is 4. The summed E-state index contributed by atoms with van der Waals surface area (Å²) in [5.41, 5.74) is 0.753. The second-order valence-corrected chi connectivity index (χ2v) is 7.36. The molecule has 0 aliphatic carbocycles. The first-order valence-electron chi connectivity index (χ1n) is 9.48. The number of nitrogens with one attached hydrogen (secondary N) is 2. The van der Waals surface area contributed by atoms with Gasteiger partial charge in [0, 0.05) is 50.1 Å². The number of halogens is 1. The number of nitrogens with zero attached hydrogens (tertiary/aromatic N) is 1.